The summed E-state index contributed by atoms with van der Waals surface area (Å²) in [6, 6.07) is 0. The fourth-order valence-corrected chi connectivity index (χ4v) is 5.83. The van der Waals surface area contributed by atoms with Crippen LogP contribution in [0, 0.1) is 0 Å². The van der Waals surface area contributed by atoms with Crippen molar-refractivity contribution in [2.24, 2.45) is 0 Å². The second-order valence-electron chi connectivity index (χ2n) is 11.3. The van der Waals surface area contributed by atoms with E-state index in [1.54, 1.807) is 16.2 Å². The summed E-state index contributed by atoms with van der Waals surface area (Å²) in [4.78, 5) is 20.5. The first-order chi connectivity index (χ1) is 14.7. The zero-order valence-electron chi connectivity index (χ0n) is 20.9. The van der Waals surface area contributed by atoms with E-state index < -0.39 is 13.9 Å². The van der Waals surface area contributed by atoms with E-state index in [2.05, 4.69) is 33.9 Å². The van der Waals surface area contributed by atoms with Gasteiger partial charge >= 0.3 is 6.09 Å². The van der Waals surface area contributed by atoms with Crippen LogP contribution in [0.2, 0.25) is 18.1 Å². The highest BCUT2D eigenvalue weighted by Gasteiger charge is 2.43. The van der Waals surface area contributed by atoms with Gasteiger partial charge < -0.3 is 18.6 Å². The van der Waals surface area contributed by atoms with E-state index in [9.17, 15) is 4.79 Å². The minimum atomic E-state index is -2.06. The number of aromatic nitrogens is 1. The molecule has 2 aliphatic rings. The van der Waals surface area contributed by atoms with Crippen LogP contribution in [0.15, 0.2) is 0 Å². The number of thiazole rings is 1. The van der Waals surface area contributed by atoms with Crippen LogP contribution in [-0.2, 0) is 31.8 Å². The van der Waals surface area contributed by atoms with Crippen molar-refractivity contribution < 1.29 is 23.4 Å². The highest BCUT2D eigenvalue weighted by molar-refractivity contribution is 7.11. The van der Waals surface area contributed by atoms with Gasteiger partial charge in [-0.1, -0.05) is 20.8 Å². The molecule has 7 nitrogen and oxygen atoms in total. The standard InChI is InChI=1S/C23H40N2O5SSi/c1-22(2,3)29-21(26)25-13-16-20(17(14-25)30-32(7,8)23(4,5)6)31-18(24-16)15-28-19-11-9-10-12-27-19/h17,19H,9-15H2,1-8H3. The molecule has 0 radical (unpaired) electrons. The maximum Gasteiger partial charge on any atom is 0.410 e. The number of amides is 1. The fourth-order valence-electron chi connectivity index (χ4n) is 3.46. The Morgan fingerprint density at radius 2 is 1.94 bits per heavy atom. The van der Waals surface area contributed by atoms with Crippen LogP contribution >= 0.6 is 11.3 Å². The van der Waals surface area contributed by atoms with Gasteiger partial charge in [0.2, 0.25) is 0 Å². The number of hydrogen-bond donors (Lipinski definition) is 0. The Balaban J connectivity index is 1.80. The van der Waals surface area contributed by atoms with Gasteiger partial charge in [0.05, 0.1) is 29.8 Å². The number of carbonyl (C=O) groups excluding carboxylic acids is 1. The van der Waals surface area contributed by atoms with Crippen LogP contribution in [0.4, 0.5) is 4.79 Å². The molecule has 1 aromatic rings. The summed E-state index contributed by atoms with van der Waals surface area (Å²) in [5.74, 6) is 0. The smallest absolute Gasteiger partial charge is 0.410 e. The first-order valence-corrected chi connectivity index (χ1v) is 15.3. The molecule has 1 saturated heterocycles. The molecule has 1 aromatic heterocycles. The Hall–Kier alpha value is -1.00. The molecule has 3 rings (SSSR count). The maximum atomic E-state index is 12.9. The SMILES string of the molecule is CC(C)(C)OC(=O)N1Cc2nc(COC3CCCCO3)sc2C(O[Si](C)(C)C(C)(C)C)C1. The van der Waals surface area contributed by atoms with Gasteiger partial charge in [0.1, 0.15) is 17.2 Å². The molecule has 2 atom stereocenters. The monoisotopic (exact) mass is 484 g/mol. The number of carbonyl (C=O) groups is 1. The molecular formula is C23H40N2O5SSi. The van der Waals surface area contributed by atoms with Gasteiger partial charge in [-0.2, -0.15) is 0 Å². The summed E-state index contributed by atoms with van der Waals surface area (Å²) >= 11 is 1.64. The van der Waals surface area contributed by atoms with Crippen molar-refractivity contribution in [3.8, 4) is 0 Å². The van der Waals surface area contributed by atoms with Gasteiger partial charge in [-0.15, -0.1) is 11.3 Å². The molecule has 182 valence electrons. The van der Waals surface area contributed by atoms with Gasteiger partial charge in [-0.25, -0.2) is 9.78 Å². The third-order valence-corrected chi connectivity index (χ3v) is 11.9. The zero-order chi connectivity index (χ0) is 23.7. The average Bonchev–Trinajstić information content (AvgIpc) is 3.08. The van der Waals surface area contributed by atoms with Gasteiger partial charge in [0, 0.05) is 6.61 Å². The lowest BCUT2D eigenvalue weighted by Crippen LogP contribution is -2.47. The second kappa shape index (κ2) is 9.70. The molecule has 0 spiro atoms. The molecular weight excluding hydrogens is 444 g/mol. The topological polar surface area (TPSA) is 70.1 Å². The Labute approximate surface area is 197 Å². The summed E-state index contributed by atoms with van der Waals surface area (Å²) < 4.78 is 24.1. The quantitative estimate of drug-likeness (QED) is 0.477. The Bertz CT molecular complexity index is 793. The minimum absolute atomic E-state index is 0.0658. The Morgan fingerprint density at radius 3 is 2.53 bits per heavy atom. The third kappa shape index (κ3) is 6.53. The van der Waals surface area contributed by atoms with Gasteiger partial charge in [-0.3, -0.25) is 4.90 Å². The molecule has 32 heavy (non-hydrogen) atoms. The third-order valence-electron chi connectivity index (χ3n) is 6.22. The molecule has 0 aliphatic carbocycles. The normalized spacial score (nSPS) is 22.6. The molecule has 1 amide bonds. The number of nitrogens with zero attached hydrogens (tertiary/aromatic N) is 2. The van der Waals surface area contributed by atoms with Gasteiger partial charge in [-0.05, 0) is 58.2 Å². The summed E-state index contributed by atoms with van der Waals surface area (Å²) in [5, 5.41) is 0.968. The van der Waals surface area contributed by atoms with E-state index in [-0.39, 0.29) is 23.5 Å². The lowest BCUT2D eigenvalue weighted by atomic mass is 10.1. The van der Waals surface area contributed by atoms with Crippen molar-refractivity contribution in [2.75, 3.05) is 13.2 Å². The van der Waals surface area contributed by atoms with Crippen molar-refractivity contribution >= 4 is 25.7 Å². The van der Waals surface area contributed by atoms with E-state index in [0.717, 1.165) is 41.4 Å². The molecule has 0 N–H and O–H groups in total. The minimum Gasteiger partial charge on any atom is -0.444 e. The van der Waals surface area contributed by atoms with Crippen molar-refractivity contribution in [1.29, 1.82) is 0 Å². The molecule has 3 heterocycles. The molecule has 1 fully saturated rings. The van der Waals surface area contributed by atoms with Crippen LogP contribution in [0.5, 0.6) is 0 Å². The van der Waals surface area contributed by atoms with Crippen molar-refractivity contribution in [1.82, 2.24) is 9.88 Å². The molecule has 0 aromatic carbocycles. The predicted molar refractivity (Wildman–Crippen MR) is 128 cm³/mol. The first kappa shape index (κ1) is 25.6. The number of rotatable bonds is 5. The van der Waals surface area contributed by atoms with Gasteiger partial charge in [0.15, 0.2) is 14.6 Å². The van der Waals surface area contributed by atoms with Crippen LogP contribution in [0.3, 0.4) is 0 Å². The molecule has 2 unspecified atom stereocenters. The Kier molecular flexibility index (Phi) is 7.76. The zero-order valence-corrected chi connectivity index (χ0v) is 22.8. The van der Waals surface area contributed by atoms with Crippen molar-refractivity contribution in [3.05, 3.63) is 15.6 Å². The highest BCUT2D eigenvalue weighted by atomic mass is 32.1. The summed E-state index contributed by atoms with van der Waals surface area (Å²) in [6.45, 7) is 18.9. The largest absolute Gasteiger partial charge is 0.444 e. The van der Waals surface area contributed by atoms with E-state index in [1.807, 2.05) is 20.8 Å². The number of ether oxygens (including phenoxy) is 3. The Morgan fingerprint density at radius 1 is 1.22 bits per heavy atom. The molecule has 9 heteroatoms. The lowest BCUT2D eigenvalue weighted by Gasteiger charge is -2.42. The second-order valence-corrected chi connectivity index (χ2v) is 17.1. The van der Waals surface area contributed by atoms with Crippen molar-refractivity contribution in [2.45, 2.75) is 110 Å². The number of hydrogen-bond acceptors (Lipinski definition) is 7. The predicted octanol–water partition coefficient (Wildman–Crippen LogP) is 6.00. The van der Waals surface area contributed by atoms with E-state index in [1.165, 1.54) is 0 Å². The summed E-state index contributed by atoms with van der Waals surface area (Å²) in [6.07, 6.45) is 2.47. The molecule has 2 aliphatic heterocycles. The average molecular weight is 485 g/mol. The first-order valence-electron chi connectivity index (χ1n) is 11.6. The van der Waals surface area contributed by atoms with Crippen LogP contribution in [0.25, 0.3) is 0 Å². The van der Waals surface area contributed by atoms with E-state index in [0.29, 0.717) is 19.7 Å². The maximum absolute atomic E-state index is 12.9. The van der Waals surface area contributed by atoms with Gasteiger partial charge in [0.25, 0.3) is 0 Å². The molecule has 0 bridgehead atoms. The van der Waals surface area contributed by atoms with E-state index in [4.69, 9.17) is 23.6 Å². The fraction of sp³-hybridized carbons (Fsp3) is 0.826. The number of fused-ring (bicyclic) bond motifs is 1. The summed E-state index contributed by atoms with van der Waals surface area (Å²) in [5.41, 5.74) is 0.341. The van der Waals surface area contributed by atoms with Crippen LogP contribution in [-0.4, -0.2) is 49.3 Å². The molecule has 0 saturated carbocycles. The van der Waals surface area contributed by atoms with Crippen molar-refractivity contribution in [3.63, 3.8) is 0 Å². The lowest BCUT2D eigenvalue weighted by molar-refractivity contribution is -0.168. The summed E-state index contributed by atoms with van der Waals surface area (Å²) in [7, 11) is -2.06. The van der Waals surface area contributed by atoms with Crippen LogP contribution in [0.1, 0.15) is 82.5 Å². The van der Waals surface area contributed by atoms with Crippen LogP contribution < -0.4 is 0 Å². The highest BCUT2D eigenvalue weighted by Crippen LogP contribution is 2.43. The van der Waals surface area contributed by atoms with E-state index >= 15 is 0 Å².